The van der Waals surface area contributed by atoms with Crippen molar-refractivity contribution in [2.75, 3.05) is 44.2 Å². The Labute approximate surface area is 172 Å². The van der Waals surface area contributed by atoms with Crippen LogP contribution in [-0.4, -0.2) is 66.4 Å². The van der Waals surface area contributed by atoms with Crippen LogP contribution in [0.1, 0.15) is 28.8 Å². The number of anilines is 1. The molecule has 2 fully saturated rings. The lowest BCUT2D eigenvalue weighted by Crippen LogP contribution is -2.48. The van der Waals surface area contributed by atoms with Crippen LogP contribution in [0.4, 0.5) is 5.82 Å². The van der Waals surface area contributed by atoms with Gasteiger partial charge in [0, 0.05) is 45.5 Å². The first-order valence-corrected chi connectivity index (χ1v) is 10.5. The second-order valence-electron chi connectivity index (χ2n) is 7.96. The monoisotopic (exact) mass is 392 g/mol. The molecule has 152 valence electrons. The van der Waals surface area contributed by atoms with Crippen LogP contribution >= 0.6 is 0 Å². The number of hydrogen-bond acceptors (Lipinski definition) is 4. The number of piperazine rings is 1. The van der Waals surface area contributed by atoms with Crippen LogP contribution in [0.25, 0.3) is 0 Å². The fourth-order valence-electron chi connectivity index (χ4n) is 4.23. The minimum absolute atomic E-state index is 0.00355. The van der Waals surface area contributed by atoms with Gasteiger partial charge in [0.05, 0.1) is 5.56 Å². The quantitative estimate of drug-likeness (QED) is 0.734. The van der Waals surface area contributed by atoms with Gasteiger partial charge < -0.3 is 14.7 Å². The molecule has 0 radical (unpaired) electrons. The number of pyridine rings is 1. The van der Waals surface area contributed by atoms with Gasteiger partial charge >= 0.3 is 0 Å². The molecule has 6 heteroatoms. The van der Waals surface area contributed by atoms with Crippen LogP contribution in [0.5, 0.6) is 0 Å². The van der Waals surface area contributed by atoms with E-state index in [1.807, 2.05) is 12.1 Å². The van der Waals surface area contributed by atoms with E-state index in [1.54, 1.807) is 16.0 Å². The van der Waals surface area contributed by atoms with Gasteiger partial charge in [-0.05, 0) is 42.9 Å². The van der Waals surface area contributed by atoms with E-state index in [-0.39, 0.29) is 5.91 Å². The van der Waals surface area contributed by atoms with Gasteiger partial charge in [-0.25, -0.2) is 4.98 Å². The Morgan fingerprint density at radius 3 is 2.31 bits per heavy atom. The van der Waals surface area contributed by atoms with Gasteiger partial charge in [0.2, 0.25) is 6.41 Å². The number of piperidine rings is 1. The lowest BCUT2D eigenvalue weighted by atomic mass is 9.90. The van der Waals surface area contributed by atoms with Crippen LogP contribution in [0.3, 0.4) is 0 Å². The molecule has 0 spiro atoms. The number of hydrogen-bond donors (Lipinski definition) is 0. The number of rotatable bonds is 5. The molecule has 1 aromatic carbocycles. The van der Waals surface area contributed by atoms with Crippen molar-refractivity contribution in [2.24, 2.45) is 5.92 Å². The molecule has 4 rings (SSSR count). The summed E-state index contributed by atoms with van der Waals surface area (Å²) in [6.45, 7) is 4.36. The second kappa shape index (κ2) is 9.07. The topological polar surface area (TPSA) is 56.8 Å². The Balaban J connectivity index is 1.29. The van der Waals surface area contributed by atoms with Crippen LogP contribution in [0.2, 0.25) is 0 Å². The molecule has 2 aliphatic heterocycles. The zero-order valence-electron chi connectivity index (χ0n) is 16.7. The van der Waals surface area contributed by atoms with Crippen LogP contribution < -0.4 is 4.90 Å². The summed E-state index contributed by atoms with van der Waals surface area (Å²) in [5, 5.41) is 0. The lowest BCUT2D eigenvalue weighted by Gasteiger charge is -2.33. The third-order valence-electron chi connectivity index (χ3n) is 6.05. The van der Waals surface area contributed by atoms with E-state index < -0.39 is 0 Å². The first-order chi connectivity index (χ1) is 14.2. The summed E-state index contributed by atoms with van der Waals surface area (Å²) in [5.74, 6) is 1.67. The Hall–Kier alpha value is -2.89. The van der Waals surface area contributed by atoms with Gasteiger partial charge in [-0.3, -0.25) is 9.59 Å². The van der Waals surface area contributed by atoms with Crippen LogP contribution in [0.15, 0.2) is 48.7 Å². The van der Waals surface area contributed by atoms with E-state index in [0.717, 1.165) is 50.5 Å². The van der Waals surface area contributed by atoms with Crippen molar-refractivity contribution in [3.63, 3.8) is 0 Å². The van der Waals surface area contributed by atoms with Crippen molar-refractivity contribution >= 4 is 18.1 Å². The number of aromatic nitrogens is 1. The minimum Gasteiger partial charge on any atom is -0.357 e. The Morgan fingerprint density at radius 1 is 0.966 bits per heavy atom. The smallest absolute Gasteiger partial charge is 0.255 e. The van der Waals surface area contributed by atoms with Crippen molar-refractivity contribution in [1.82, 2.24) is 14.8 Å². The summed E-state index contributed by atoms with van der Waals surface area (Å²) in [4.78, 5) is 33.9. The first kappa shape index (κ1) is 19.4. The molecule has 0 bridgehead atoms. The standard InChI is InChI=1S/C23H28N4O2/c28-18-25-12-14-27(15-13-25)23(29)21-6-7-22(24-17-21)26-10-8-20(9-11-26)16-19-4-2-1-3-5-19/h1-7,17-18,20H,8-16H2. The van der Waals surface area contributed by atoms with Gasteiger partial charge in [0.15, 0.2) is 0 Å². The molecule has 1 aromatic heterocycles. The normalized spacial score (nSPS) is 18.0. The summed E-state index contributed by atoms with van der Waals surface area (Å²) in [5.41, 5.74) is 2.04. The molecule has 2 saturated heterocycles. The molecule has 0 saturated carbocycles. The molecule has 2 amide bonds. The molecule has 0 atom stereocenters. The Morgan fingerprint density at radius 2 is 1.69 bits per heavy atom. The van der Waals surface area contributed by atoms with Gasteiger partial charge in [0.25, 0.3) is 5.91 Å². The number of carbonyl (C=O) groups is 2. The van der Waals surface area contributed by atoms with Gasteiger partial charge in [-0.15, -0.1) is 0 Å². The third-order valence-corrected chi connectivity index (χ3v) is 6.05. The predicted molar refractivity (Wildman–Crippen MR) is 113 cm³/mol. The number of carbonyl (C=O) groups excluding carboxylic acids is 2. The first-order valence-electron chi connectivity index (χ1n) is 10.5. The summed E-state index contributed by atoms with van der Waals surface area (Å²) in [6, 6.07) is 14.6. The average molecular weight is 393 g/mol. The van der Waals surface area contributed by atoms with Gasteiger partial charge in [-0.1, -0.05) is 30.3 Å². The van der Waals surface area contributed by atoms with Crippen molar-refractivity contribution in [1.29, 1.82) is 0 Å². The van der Waals surface area contributed by atoms with E-state index in [2.05, 4.69) is 40.2 Å². The highest BCUT2D eigenvalue weighted by atomic mass is 16.2. The highest BCUT2D eigenvalue weighted by Gasteiger charge is 2.23. The lowest BCUT2D eigenvalue weighted by molar-refractivity contribution is -0.119. The van der Waals surface area contributed by atoms with E-state index in [4.69, 9.17) is 0 Å². The molecule has 29 heavy (non-hydrogen) atoms. The molecule has 6 nitrogen and oxygen atoms in total. The molecule has 0 aliphatic carbocycles. The van der Waals surface area contributed by atoms with Gasteiger partial charge in [-0.2, -0.15) is 0 Å². The number of benzene rings is 1. The minimum atomic E-state index is -0.00355. The number of amides is 2. The summed E-state index contributed by atoms with van der Waals surface area (Å²) in [6.07, 6.45) is 6.02. The summed E-state index contributed by atoms with van der Waals surface area (Å²) >= 11 is 0. The molecular formula is C23H28N4O2. The molecule has 3 heterocycles. The fourth-order valence-corrected chi connectivity index (χ4v) is 4.23. The highest BCUT2D eigenvalue weighted by Crippen LogP contribution is 2.25. The fraction of sp³-hybridized carbons (Fsp3) is 0.435. The molecule has 0 N–H and O–H groups in total. The zero-order chi connectivity index (χ0) is 20.1. The van der Waals surface area contributed by atoms with Crippen LogP contribution in [-0.2, 0) is 11.2 Å². The predicted octanol–water partition coefficient (Wildman–Crippen LogP) is 2.45. The molecule has 2 aliphatic rings. The van der Waals surface area contributed by atoms with Crippen molar-refractivity contribution in [2.45, 2.75) is 19.3 Å². The summed E-state index contributed by atoms with van der Waals surface area (Å²) < 4.78 is 0. The Bertz CT molecular complexity index is 809. The van der Waals surface area contributed by atoms with Crippen molar-refractivity contribution < 1.29 is 9.59 Å². The molecule has 2 aromatic rings. The van der Waals surface area contributed by atoms with Gasteiger partial charge in [0.1, 0.15) is 5.82 Å². The molecular weight excluding hydrogens is 364 g/mol. The maximum Gasteiger partial charge on any atom is 0.255 e. The second-order valence-corrected chi connectivity index (χ2v) is 7.96. The third kappa shape index (κ3) is 4.75. The van der Waals surface area contributed by atoms with E-state index in [9.17, 15) is 9.59 Å². The number of nitrogens with zero attached hydrogens (tertiary/aromatic N) is 4. The van der Waals surface area contributed by atoms with E-state index >= 15 is 0 Å². The zero-order valence-corrected chi connectivity index (χ0v) is 16.7. The SMILES string of the molecule is O=CN1CCN(C(=O)c2ccc(N3CCC(Cc4ccccc4)CC3)nc2)CC1. The maximum atomic E-state index is 12.7. The highest BCUT2D eigenvalue weighted by molar-refractivity contribution is 5.94. The summed E-state index contributed by atoms with van der Waals surface area (Å²) in [7, 11) is 0. The van der Waals surface area contributed by atoms with E-state index in [1.165, 1.54) is 5.56 Å². The maximum absolute atomic E-state index is 12.7. The van der Waals surface area contributed by atoms with Crippen molar-refractivity contribution in [3.8, 4) is 0 Å². The average Bonchev–Trinajstić information content (AvgIpc) is 2.80. The molecule has 0 unspecified atom stereocenters. The van der Waals surface area contributed by atoms with Crippen LogP contribution in [0, 0.1) is 5.92 Å². The van der Waals surface area contributed by atoms with Crippen molar-refractivity contribution in [3.05, 3.63) is 59.8 Å². The van der Waals surface area contributed by atoms with E-state index in [0.29, 0.717) is 31.7 Å². The largest absolute Gasteiger partial charge is 0.357 e. The Kier molecular flexibility index (Phi) is 6.08.